The van der Waals surface area contributed by atoms with Crippen molar-refractivity contribution in [3.63, 3.8) is 0 Å². The van der Waals surface area contributed by atoms with Crippen LogP contribution in [0.15, 0.2) is 24.5 Å². The van der Waals surface area contributed by atoms with E-state index in [0.29, 0.717) is 10.8 Å². The molecule has 1 N–H and O–H groups in total. The molecular weight excluding hydrogens is 242 g/mol. The Morgan fingerprint density at radius 1 is 1.41 bits per heavy atom. The van der Waals surface area contributed by atoms with Crippen molar-refractivity contribution in [3.8, 4) is 11.4 Å². The third-order valence-electron chi connectivity index (χ3n) is 2.09. The van der Waals surface area contributed by atoms with Gasteiger partial charge in [0, 0.05) is 18.0 Å². The van der Waals surface area contributed by atoms with Crippen LogP contribution in [0.1, 0.15) is 9.80 Å². The first-order chi connectivity index (χ1) is 8.25. The second-order valence-corrected chi connectivity index (χ2v) is 4.13. The molecule has 0 bridgehead atoms. The summed E-state index contributed by atoms with van der Waals surface area (Å²) in [5, 5.41) is 20.6. The molecule has 0 fully saturated rings. The molecule has 0 aliphatic carbocycles. The number of hydrogen-bond donors (Lipinski definition) is 1. The lowest BCUT2D eigenvalue weighted by Crippen LogP contribution is -1.98. The van der Waals surface area contributed by atoms with Crippen LogP contribution < -0.4 is 0 Å². The summed E-state index contributed by atoms with van der Waals surface area (Å²) in [6.45, 7) is 0. The Bertz CT molecular complexity index is 690. The predicted molar refractivity (Wildman–Crippen MR) is 58.8 cm³/mol. The molecule has 0 saturated heterocycles. The van der Waals surface area contributed by atoms with E-state index in [0.717, 1.165) is 16.9 Å². The summed E-state index contributed by atoms with van der Waals surface area (Å²) in [5.74, 6) is -0.588. The van der Waals surface area contributed by atoms with E-state index in [1.54, 1.807) is 18.5 Å². The van der Waals surface area contributed by atoms with E-state index >= 15 is 0 Å². The van der Waals surface area contributed by atoms with Gasteiger partial charge in [-0.1, -0.05) is 11.3 Å². The van der Waals surface area contributed by atoms with E-state index in [4.69, 9.17) is 5.11 Å². The highest BCUT2D eigenvalue weighted by molar-refractivity contribution is 7.18. The molecule has 0 saturated carbocycles. The molecule has 0 aliphatic heterocycles. The molecule has 7 nitrogen and oxygen atoms in total. The summed E-state index contributed by atoms with van der Waals surface area (Å²) in [5.41, 5.74) is 0.738. The normalized spacial score (nSPS) is 10.8. The van der Waals surface area contributed by atoms with Gasteiger partial charge in [-0.15, -0.1) is 15.3 Å². The highest BCUT2D eigenvalue weighted by atomic mass is 32.1. The molecule has 3 aromatic heterocycles. The van der Waals surface area contributed by atoms with Gasteiger partial charge >= 0.3 is 5.97 Å². The van der Waals surface area contributed by atoms with E-state index in [2.05, 4.69) is 20.3 Å². The van der Waals surface area contributed by atoms with Crippen LogP contribution in [-0.2, 0) is 0 Å². The quantitative estimate of drug-likeness (QED) is 0.724. The van der Waals surface area contributed by atoms with Gasteiger partial charge in [0.1, 0.15) is 0 Å². The van der Waals surface area contributed by atoms with Gasteiger partial charge in [0.25, 0.3) is 0 Å². The number of carboxylic acid groups (broad SMARTS) is 1. The first-order valence-electron chi connectivity index (χ1n) is 4.61. The second-order valence-electron chi connectivity index (χ2n) is 3.17. The van der Waals surface area contributed by atoms with Crippen LogP contribution in [0.25, 0.3) is 16.3 Å². The minimum Gasteiger partial charge on any atom is -0.476 e. The molecule has 17 heavy (non-hydrogen) atoms. The lowest BCUT2D eigenvalue weighted by Gasteiger charge is -1.93. The number of pyridine rings is 1. The summed E-state index contributed by atoms with van der Waals surface area (Å²) in [4.78, 5) is 15.2. The summed E-state index contributed by atoms with van der Waals surface area (Å²) in [6, 6.07) is 3.57. The second kappa shape index (κ2) is 3.59. The molecular formula is C9H5N5O2S. The Labute approximate surface area is 98.4 Å². The SMILES string of the molecule is O=C(O)c1nn2c(-c3cccnc3)nnc2s1. The van der Waals surface area contributed by atoms with Crippen molar-refractivity contribution in [1.29, 1.82) is 0 Å². The first-order valence-corrected chi connectivity index (χ1v) is 5.43. The van der Waals surface area contributed by atoms with Crippen molar-refractivity contribution in [2.24, 2.45) is 0 Å². The summed E-state index contributed by atoms with van der Waals surface area (Å²) in [7, 11) is 0. The molecule has 0 amide bonds. The average molecular weight is 247 g/mol. The maximum absolute atomic E-state index is 10.8. The van der Waals surface area contributed by atoms with Crippen LogP contribution in [0.3, 0.4) is 0 Å². The highest BCUT2D eigenvalue weighted by Crippen LogP contribution is 2.20. The number of fused-ring (bicyclic) bond motifs is 1. The van der Waals surface area contributed by atoms with Crippen LogP contribution in [0.4, 0.5) is 0 Å². The monoisotopic (exact) mass is 247 g/mol. The maximum atomic E-state index is 10.8. The summed E-state index contributed by atoms with van der Waals surface area (Å²) >= 11 is 0.979. The molecule has 0 aromatic carbocycles. The summed E-state index contributed by atoms with van der Waals surface area (Å²) in [6.07, 6.45) is 3.27. The van der Waals surface area contributed by atoms with E-state index < -0.39 is 5.97 Å². The number of rotatable bonds is 2. The number of nitrogens with zero attached hydrogens (tertiary/aromatic N) is 5. The van der Waals surface area contributed by atoms with Gasteiger partial charge in [-0.2, -0.15) is 4.52 Å². The molecule has 0 unspecified atom stereocenters. The molecule has 0 atom stereocenters. The van der Waals surface area contributed by atoms with Crippen molar-refractivity contribution < 1.29 is 9.90 Å². The third kappa shape index (κ3) is 1.54. The van der Waals surface area contributed by atoms with Crippen LogP contribution in [0.5, 0.6) is 0 Å². The van der Waals surface area contributed by atoms with Gasteiger partial charge in [0.05, 0.1) is 0 Å². The van der Waals surface area contributed by atoms with Gasteiger partial charge in [0.2, 0.25) is 9.97 Å². The van der Waals surface area contributed by atoms with Crippen LogP contribution in [0.2, 0.25) is 0 Å². The number of carboxylic acids is 1. The molecule has 84 valence electrons. The maximum Gasteiger partial charge on any atom is 0.367 e. The Morgan fingerprint density at radius 3 is 3.00 bits per heavy atom. The zero-order valence-electron chi connectivity index (χ0n) is 8.31. The number of aromatic nitrogens is 5. The zero-order chi connectivity index (χ0) is 11.8. The Kier molecular flexibility index (Phi) is 2.08. The van der Waals surface area contributed by atoms with Crippen LogP contribution in [-0.4, -0.2) is 35.9 Å². The number of carbonyl (C=O) groups is 1. The smallest absolute Gasteiger partial charge is 0.367 e. The number of aromatic carboxylic acids is 1. The van der Waals surface area contributed by atoms with Gasteiger partial charge in [-0.3, -0.25) is 4.98 Å². The fourth-order valence-electron chi connectivity index (χ4n) is 1.38. The summed E-state index contributed by atoms with van der Waals surface area (Å²) < 4.78 is 1.41. The first kappa shape index (κ1) is 9.85. The van der Waals surface area contributed by atoms with Crippen molar-refractivity contribution in [2.75, 3.05) is 0 Å². The molecule has 3 rings (SSSR count). The fourth-order valence-corrected chi connectivity index (χ4v) is 2.06. The minimum atomic E-state index is -1.07. The Hall–Kier alpha value is -2.35. The van der Waals surface area contributed by atoms with Crippen molar-refractivity contribution in [2.45, 2.75) is 0 Å². The molecule has 3 heterocycles. The molecule has 3 aromatic rings. The predicted octanol–water partition coefficient (Wildman–Crippen LogP) is 0.946. The van der Waals surface area contributed by atoms with E-state index in [-0.39, 0.29) is 5.01 Å². The molecule has 0 radical (unpaired) electrons. The Balaban J connectivity index is 2.21. The lowest BCUT2D eigenvalue weighted by atomic mass is 10.3. The van der Waals surface area contributed by atoms with Gasteiger partial charge in [-0.25, -0.2) is 4.79 Å². The van der Waals surface area contributed by atoms with E-state index in [1.165, 1.54) is 4.52 Å². The standard InChI is InChI=1S/C9H5N5O2S/c15-8(16)7-13-14-6(11-12-9(14)17-7)5-2-1-3-10-4-5/h1-4H,(H,15,16). The van der Waals surface area contributed by atoms with Gasteiger partial charge in [0.15, 0.2) is 5.82 Å². The van der Waals surface area contributed by atoms with Crippen molar-refractivity contribution in [3.05, 3.63) is 29.5 Å². The van der Waals surface area contributed by atoms with E-state index in [9.17, 15) is 4.79 Å². The van der Waals surface area contributed by atoms with Gasteiger partial charge in [-0.05, 0) is 12.1 Å². The Morgan fingerprint density at radius 2 is 2.29 bits per heavy atom. The molecule has 8 heteroatoms. The average Bonchev–Trinajstić information content (AvgIpc) is 2.89. The topological polar surface area (TPSA) is 93.3 Å². The minimum absolute atomic E-state index is 0.0139. The molecule has 0 spiro atoms. The van der Waals surface area contributed by atoms with Crippen molar-refractivity contribution in [1.82, 2.24) is 24.8 Å². The van der Waals surface area contributed by atoms with E-state index in [1.807, 2.05) is 6.07 Å². The van der Waals surface area contributed by atoms with Crippen LogP contribution in [0, 0.1) is 0 Å². The van der Waals surface area contributed by atoms with Gasteiger partial charge < -0.3 is 5.11 Å². The highest BCUT2D eigenvalue weighted by Gasteiger charge is 2.16. The van der Waals surface area contributed by atoms with Crippen LogP contribution >= 0.6 is 11.3 Å². The lowest BCUT2D eigenvalue weighted by molar-refractivity contribution is 0.0695. The molecule has 0 aliphatic rings. The largest absolute Gasteiger partial charge is 0.476 e. The number of hydrogen-bond acceptors (Lipinski definition) is 6. The fraction of sp³-hybridized carbons (Fsp3) is 0. The zero-order valence-corrected chi connectivity index (χ0v) is 9.13. The third-order valence-corrected chi connectivity index (χ3v) is 2.98. The van der Waals surface area contributed by atoms with Crippen molar-refractivity contribution >= 4 is 22.3 Å².